The Morgan fingerprint density at radius 1 is 1.11 bits per heavy atom. The number of ether oxygens (including phenoxy) is 2. The number of nitrogens with zero attached hydrogens (tertiary/aromatic N) is 2. The van der Waals surface area contributed by atoms with E-state index >= 15 is 0 Å². The molecular formula is C29H34N2O4S. The summed E-state index contributed by atoms with van der Waals surface area (Å²) in [6, 6.07) is 19.0. The van der Waals surface area contributed by atoms with Gasteiger partial charge in [0.05, 0.1) is 19.6 Å². The number of methoxy groups -OCH3 is 1. The summed E-state index contributed by atoms with van der Waals surface area (Å²) in [7, 11) is 1.63. The number of carbonyl (C=O) groups is 2. The van der Waals surface area contributed by atoms with Gasteiger partial charge in [-0.2, -0.15) is 0 Å². The Hall–Kier alpha value is -3.32. The van der Waals surface area contributed by atoms with E-state index in [1.165, 1.54) is 4.88 Å². The minimum absolute atomic E-state index is 0.0266. The van der Waals surface area contributed by atoms with Crippen molar-refractivity contribution in [2.45, 2.75) is 45.2 Å². The van der Waals surface area contributed by atoms with Gasteiger partial charge in [-0.15, -0.1) is 11.3 Å². The highest BCUT2D eigenvalue weighted by Gasteiger charge is 2.34. The lowest BCUT2D eigenvalue weighted by Crippen LogP contribution is -2.50. The average molecular weight is 507 g/mol. The van der Waals surface area contributed by atoms with Crippen molar-refractivity contribution in [2.24, 2.45) is 0 Å². The monoisotopic (exact) mass is 506 g/mol. The maximum atomic E-state index is 13.7. The molecule has 0 radical (unpaired) electrons. The Kier molecular flexibility index (Phi) is 8.65. The number of benzene rings is 2. The zero-order valence-electron chi connectivity index (χ0n) is 21.2. The largest absolute Gasteiger partial charge is 0.497 e. The van der Waals surface area contributed by atoms with Crippen LogP contribution in [0.4, 0.5) is 0 Å². The van der Waals surface area contributed by atoms with Crippen LogP contribution in [0.3, 0.4) is 0 Å². The van der Waals surface area contributed by atoms with Crippen LogP contribution in [0.15, 0.2) is 66.0 Å². The second kappa shape index (κ2) is 12.1. The Morgan fingerprint density at radius 3 is 2.64 bits per heavy atom. The average Bonchev–Trinajstić information content (AvgIpc) is 3.39. The van der Waals surface area contributed by atoms with Crippen molar-refractivity contribution in [3.8, 4) is 11.5 Å². The maximum Gasteiger partial charge on any atom is 0.242 e. The van der Waals surface area contributed by atoms with Gasteiger partial charge in [-0.05, 0) is 54.5 Å². The van der Waals surface area contributed by atoms with Gasteiger partial charge in [0.15, 0.2) is 0 Å². The van der Waals surface area contributed by atoms with Crippen LogP contribution in [0.2, 0.25) is 0 Å². The highest BCUT2D eigenvalue weighted by molar-refractivity contribution is 7.10. The van der Waals surface area contributed by atoms with Gasteiger partial charge in [0, 0.05) is 23.5 Å². The topological polar surface area (TPSA) is 59.1 Å². The molecule has 3 aromatic rings. The number of amides is 2. The standard InChI is InChI=1S/C29H34N2O4S/c1-4-21(2)31(28(32)17-22-9-6-5-7-10-22)19-29(33)30-15-13-27-25(14-16-36-27)26(30)20-35-24-12-8-11-23(18-24)34-3/h5-12,14,16,18,21,26H,4,13,15,17,19-20H2,1-3H3/t21-,26+/m1/s1. The summed E-state index contributed by atoms with van der Waals surface area (Å²) < 4.78 is 11.5. The molecule has 1 aromatic heterocycles. The van der Waals surface area contributed by atoms with E-state index in [4.69, 9.17) is 9.47 Å². The minimum atomic E-state index is -0.207. The van der Waals surface area contributed by atoms with Crippen LogP contribution in [0.25, 0.3) is 0 Å². The van der Waals surface area contributed by atoms with Crippen molar-refractivity contribution in [2.75, 3.05) is 26.8 Å². The molecule has 2 amide bonds. The molecule has 2 atom stereocenters. The molecule has 0 N–H and O–H groups in total. The molecule has 4 rings (SSSR count). The Labute approximate surface area is 217 Å². The molecule has 190 valence electrons. The molecule has 0 unspecified atom stereocenters. The molecule has 7 heteroatoms. The van der Waals surface area contributed by atoms with Crippen molar-refractivity contribution in [1.29, 1.82) is 0 Å². The molecule has 0 saturated carbocycles. The third-order valence-electron chi connectivity index (χ3n) is 6.81. The summed E-state index contributed by atoms with van der Waals surface area (Å²) >= 11 is 1.72. The van der Waals surface area contributed by atoms with Gasteiger partial charge in [0.1, 0.15) is 24.7 Å². The van der Waals surface area contributed by atoms with Crippen LogP contribution in [-0.2, 0) is 22.4 Å². The lowest BCUT2D eigenvalue weighted by molar-refractivity contribution is -0.144. The lowest BCUT2D eigenvalue weighted by Gasteiger charge is -2.38. The predicted octanol–water partition coefficient (Wildman–Crippen LogP) is 5.13. The van der Waals surface area contributed by atoms with Crippen LogP contribution in [0, 0.1) is 0 Å². The van der Waals surface area contributed by atoms with Gasteiger partial charge in [0.25, 0.3) is 0 Å². The van der Waals surface area contributed by atoms with Gasteiger partial charge in [0.2, 0.25) is 11.8 Å². The normalized spacial score (nSPS) is 15.6. The third-order valence-corrected chi connectivity index (χ3v) is 7.81. The maximum absolute atomic E-state index is 13.7. The molecule has 1 aliphatic heterocycles. The van der Waals surface area contributed by atoms with E-state index in [-0.39, 0.29) is 36.9 Å². The zero-order valence-corrected chi connectivity index (χ0v) is 22.0. The van der Waals surface area contributed by atoms with E-state index in [2.05, 4.69) is 11.4 Å². The van der Waals surface area contributed by atoms with Gasteiger partial charge in [-0.25, -0.2) is 0 Å². The highest BCUT2D eigenvalue weighted by atomic mass is 32.1. The quantitative estimate of drug-likeness (QED) is 0.383. The van der Waals surface area contributed by atoms with E-state index < -0.39 is 0 Å². The molecule has 1 aliphatic rings. The molecule has 36 heavy (non-hydrogen) atoms. The fourth-order valence-corrected chi connectivity index (χ4v) is 5.49. The van der Waals surface area contributed by atoms with Crippen molar-refractivity contribution >= 4 is 23.2 Å². The molecule has 0 bridgehead atoms. The summed E-state index contributed by atoms with van der Waals surface area (Å²) in [4.78, 5) is 31.9. The van der Waals surface area contributed by atoms with Gasteiger partial charge < -0.3 is 19.3 Å². The molecule has 0 saturated heterocycles. The van der Waals surface area contributed by atoms with E-state index in [0.717, 1.165) is 29.7 Å². The molecule has 2 aromatic carbocycles. The first kappa shape index (κ1) is 25.8. The third kappa shape index (κ3) is 6.08. The number of fused-ring (bicyclic) bond motifs is 1. The van der Waals surface area contributed by atoms with Crippen LogP contribution in [0.1, 0.15) is 42.3 Å². The summed E-state index contributed by atoms with van der Waals surface area (Å²) in [5, 5.41) is 2.08. The fraction of sp³-hybridized carbons (Fsp3) is 0.379. The van der Waals surface area contributed by atoms with Crippen LogP contribution >= 0.6 is 11.3 Å². The molecule has 6 nitrogen and oxygen atoms in total. The van der Waals surface area contributed by atoms with E-state index in [9.17, 15) is 9.59 Å². The number of rotatable bonds is 10. The predicted molar refractivity (Wildman–Crippen MR) is 143 cm³/mol. The first-order chi connectivity index (χ1) is 17.5. The van der Waals surface area contributed by atoms with Crippen molar-refractivity contribution < 1.29 is 19.1 Å². The van der Waals surface area contributed by atoms with Gasteiger partial charge in [-0.1, -0.05) is 43.3 Å². The lowest BCUT2D eigenvalue weighted by atomic mass is 10.00. The van der Waals surface area contributed by atoms with E-state index in [1.807, 2.05) is 73.3 Å². The molecule has 0 aliphatic carbocycles. The minimum Gasteiger partial charge on any atom is -0.497 e. The number of hydrogen-bond acceptors (Lipinski definition) is 5. The molecule has 2 heterocycles. The summed E-state index contributed by atoms with van der Waals surface area (Å²) in [5.74, 6) is 1.35. The Bertz CT molecular complexity index is 1160. The summed E-state index contributed by atoms with van der Waals surface area (Å²) in [5.41, 5.74) is 2.09. The summed E-state index contributed by atoms with van der Waals surface area (Å²) in [6.07, 6.45) is 1.88. The van der Waals surface area contributed by atoms with Crippen molar-refractivity contribution in [1.82, 2.24) is 9.80 Å². The Morgan fingerprint density at radius 2 is 1.89 bits per heavy atom. The SMILES string of the molecule is CC[C@@H](C)N(CC(=O)N1CCc2sccc2[C@@H]1COc1cccc(OC)c1)C(=O)Cc1ccccc1. The first-order valence-electron chi connectivity index (χ1n) is 12.5. The Balaban J connectivity index is 1.51. The molecule has 0 spiro atoms. The van der Waals surface area contributed by atoms with E-state index in [0.29, 0.717) is 18.9 Å². The number of carbonyl (C=O) groups excluding carboxylic acids is 2. The van der Waals surface area contributed by atoms with Gasteiger partial charge in [-0.3, -0.25) is 9.59 Å². The second-order valence-corrected chi connectivity index (χ2v) is 10.1. The fourth-order valence-electron chi connectivity index (χ4n) is 4.56. The summed E-state index contributed by atoms with van der Waals surface area (Å²) in [6.45, 7) is 5.06. The number of hydrogen-bond donors (Lipinski definition) is 0. The first-order valence-corrected chi connectivity index (χ1v) is 13.3. The van der Waals surface area contributed by atoms with Crippen molar-refractivity contribution in [3.05, 3.63) is 82.0 Å². The molecule has 0 fully saturated rings. The van der Waals surface area contributed by atoms with E-state index in [1.54, 1.807) is 23.3 Å². The van der Waals surface area contributed by atoms with Crippen molar-refractivity contribution in [3.63, 3.8) is 0 Å². The zero-order chi connectivity index (χ0) is 25.5. The number of thiophene rings is 1. The smallest absolute Gasteiger partial charge is 0.242 e. The van der Waals surface area contributed by atoms with Crippen LogP contribution in [0.5, 0.6) is 11.5 Å². The van der Waals surface area contributed by atoms with Crippen LogP contribution in [-0.4, -0.2) is 54.5 Å². The second-order valence-electron chi connectivity index (χ2n) is 9.08. The van der Waals surface area contributed by atoms with Gasteiger partial charge >= 0.3 is 0 Å². The van der Waals surface area contributed by atoms with Crippen LogP contribution < -0.4 is 9.47 Å². The molecular weight excluding hydrogens is 472 g/mol. The highest BCUT2D eigenvalue weighted by Crippen LogP contribution is 2.34.